The maximum Gasteiger partial charge on any atom is 0.309 e. The number of thioether (sulfide) groups is 1. The fraction of sp³-hybridized carbons (Fsp3) is 0.457. The molecule has 1 saturated carbocycles. The van der Waals surface area contributed by atoms with Crippen molar-refractivity contribution in [2.45, 2.75) is 68.7 Å². The minimum absolute atomic E-state index is 0.0121. The van der Waals surface area contributed by atoms with E-state index in [1.807, 2.05) is 60.7 Å². The number of aliphatic hydroxyl groups is 1. The zero-order chi connectivity index (χ0) is 30.9. The van der Waals surface area contributed by atoms with Crippen molar-refractivity contribution in [3.63, 3.8) is 0 Å². The molecule has 43 heavy (non-hydrogen) atoms. The number of hydrogen-bond acceptors (Lipinski definition) is 6. The lowest BCUT2D eigenvalue weighted by molar-refractivity contribution is -0.149. The Morgan fingerprint density at radius 3 is 2.14 bits per heavy atom. The highest BCUT2D eigenvalue weighted by Gasteiger charge is 2.35. The molecule has 0 radical (unpaired) electrons. The molecule has 3 N–H and O–H groups in total. The summed E-state index contributed by atoms with van der Waals surface area (Å²) in [6, 6.07) is 19.4. The number of allylic oxidation sites excluding steroid dienone is 2. The summed E-state index contributed by atoms with van der Waals surface area (Å²) in [6.07, 6.45) is 8.08. The van der Waals surface area contributed by atoms with Crippen molar-refractivity contribution >= 4 is 29.5 Å². The number of aliphatic hydroxyl groups excluding tert-OH is 1. The fourth-order valence-corrected chi connectivity index (χ4v) is 6.45. The lowest BCUT2D eigenvalue weighted by Crippen LogP contribution is -2.50. The number of rotatable bonds is 19. The van der Waals surface area contributed by atoms with Crippen molar-refractivity contribution in [1.29, 1.82) is 0 Å². The summed E-state index contributed by atoms with van der Waals surface area (Å²) in [5, 5.41) is 15.9. The van der Waals surface area contributed by atoms with E-state index in [1.54, 1.807) is 23.9 Å². The zero-order valence-corrected chi connectivity index (χ0v) is 25.9. The maximum atomic E-state index is 13.5. The lowest BCUT2D eigenvalue weighted by Gasteiger charge is -2.29. The minimum atomic E-state index is -0.626. The number of hydrogen-bond donors (Lipinski definition) is 3. The number of carbonyl (C=O) groups excluding carboxylic acids is 3. The van der Waals surface area contributed by atoms with Gasteiger partial charge in [-0.2, -0.15) is 11.8 Å². The van der Waals surface area contributed by atoms with Crippen LogP contribution < -0.4 is 10.6 Å². The minimum Gasteiger partial charge on any atom is -0.463 e. The van der Waals surface area contributed by atoms with Gasteiger partial charge in [0, 0.05) is 17.9 Å². The van der Waals surface area contributed by atoms with E-state index in [1.165, 1.54) is 0 Å². The van der Waals surface area contributed by atoms with Crippen LogP contribution in [-0.2, 0) is 31.3 Å². The average Bonchev–Trinajstić information content (AvgIpc) is 3.49. The molecule has 1 aliphatic carbocycles. The predicted octanol–water partition coefficient (Wildman–Crippen LogP) is 5.39. The Labute approximate surface area is 260 Å². The van der Waals surface area contributed by atoms with Crippen LogP contribution in [-0.4, -0.2) is 53.4 Å². The van der Waals surface area contributed by atoms with Gasteiger partial charge >= 0.3 is 5.97 Å². The molecule has 7 nitrogen and oxygen atoms in total. The standard InChI is InChI=1S/C35H46N2O5S/c1-3-13-29(22-32(39)37-35(26-38)19-11-12-20-35)33(40)36-31(25-43-24-28-17-9-6-10-18-28)23-42-34(41)30(14-4-2)21-27-15-7-5-8-16-27/h3-10,15-18,29-31,38H,1-2,11-14,19-26H2,(H,36,40)(H,37,39)/t29-,30-,31+/m0/s1. The highest BCUT2D eigenvalue weighted by molar-refractivity contribution is 7.98. The first-order chi connectivity index (χ1) is 20.9. The molecule has 0 unspecified atom stereocenters. The van der Waals surface area contributed by atoms with Crippen LogP contribution in [0.4, 0.5) is 0 Å². The van der Waals surface area contributed by atoms with Gasteiger partial charge in [-0.25, -0.2) is 0 Å². The number of benzene rings is 2. The predicted molar refractivity (Wildman–Crippen MR) is 173 cm³/mol. The van der Waals surface area contributed by atoms with Crippen molar-refractivity contribution in [3.8, 4) is 0 Å². The number of esters is 1. The molecule has 1 fully saturated rings. The first kappa shape index (κ1) is 34.1. The third kappa shape index (κ3) is 11.7. The fourth-order valence-electron chi connectivity index (χ4n) is 5.44. The lowest BCUT2D eigenvalue weighted by atomic mass is 9.95. The Kier molecular flexibility index (Phi) is 14.6. The van der Waals surface area contributed by atoms with E-state index in [-0.39, 0.29) is 43.3 Å². The monoisotopic (exact) mass is 606 g/mol. The molecule has 0 aromatic heterocycles. The van der Waals surface area contributed by atoms with Crippen LogP contribution in [0, 0.1) is 11.8 Å². The number of carbonyl (C=O) groups is 3. The second-order valence-corrected chi connectivity index (χ2v) is 12.4. The van der Waals surface area contributed by atoms with Crippen LogP contribution in [0.15, 0.2) is 86.0 Å². The highest BCUT2D eigenvalue weighted by atomic mass is 32.2. The summed E-state index contributed by atoms with van der Waals surface area (Å²) in [6.45, 7) is 7.50. The molecule has 0 bridgehead atoms. The smallest absolute Gasteiger partial charge is 0.309 e. The molecule has 0 spiro atoms. The zero-order valence-electron chi connectivity index (χ0n) is 25.0. The van der Waals surface area contributed by atoms with Crippen LogP contribution in [0.25, 0.3) is 0 Å². The van der Waals surface area contributed by atoms with Crippen LogP contribution in [0.5, 0.6) is 0 Å². The quantitative estimate of drug-likeness (QED) is 0.146. The molecule has 8 heteroatoms. The molecule has 0 heterocycles. The van der Waals surface area contributed by atoms with E-state index in [9.17, 15) is 19.5 Å². The van der Waals surface area contributed by atoms with Gasteiger partial charge in [-0.05, 0) is 43.2 Å². The Hall–Kier alpha value is -3.36. The van der Waals surface area contributed by atoms with Gasteiger partial charge in [0.1, 0.15) is 6.61 Å². The highest BCUT2D eigenvalue weighted by Crippen LogP contribution is 2.29. The molecule has 2 aromatic rings. The average molecular weight is 607 g/mol. The molecule has 2 aromatic carbocycles. The van der Waals surface area contributed by atoms with E-state index in [4.69, 9.17) is 4.74 Å². The summed E-state index contributed by atoms with van der Waals surface area (Å²) in [4.78, 5) is 39.6. The van der Waals surface area contributed by atoms with Gasteiger partial charge in [0.05, 0.1) is 30.0 Å². The summed E-state index contributed by atoms with van der Waals surface area (Å²) >= 11 is 1.64. The number of amides is 2. The van der Waals surface area contributed by atoms with Gasteiger partial charge in [-0.15, -0.1) is 13.2 Å². The maximum absolute atomic E-state index is 13.5. The second-order valence-electron chi connectivity index (χ2n) is 11.4. The van der Waals surface area contributed by atoms with E-state index in [2.05, 4.69) is 23.8 Å². The summed E-state index contributed by atoms with van der Waals surface area (Å²) in [5.74, 6) is -0.599. The van der Waals surface area contributed by atoms with Crippen molar-refractivity contribution in [1.82, 2.24) is 10.6 Å². The van der Waals surface area contributed by atoms with Crippen LogP contribution in [0.2, 0.25) is 0 Å². The summed E-state index contributed by atoms with van der Waals surface area (Å²) in [7, 11) is 0. The topological polar surface area (TPSA) is 105 Å². The van der Waals surface area contributed by atoms with E-state index in [0.29, 0.717) is 25.0 Å². The Balaban J connectivity index is 1.64. The van der Waals surface area contributed by atoms with Crippen molar-refractivity contribution in [3.05, 3.63) is 97.1 Å². The second kappa shape index (κ2) is 18.3. The Morgan fingerprint density at radius 2 is 1.53 bits per heavy atom. The van der Waals surface area contributed by atoms with Gasteiger partial charge < -0.3 is 20.5 Å². The van der Waals surface area contributed by atoms with Gasteiger partial charge in [-0.1, -0.05) is 85.7 Å². The van der Waals surface area contributed by atoms with Gasteiger partial charge in [-0.3, -0.25) is 14.4 Å². The van der Waals surface area contributed by atoms with E-state index in [0.717, 1.165) is 42.6 Å². The molecule has 3 atom stereocenters. The van der Waals surface area contributed by atoms with Crippen molar-refractivity contribution < 1.29 is 24.2 Å². The largest absolute Gasteiger partial charge is 0.463 e. The third-order valence-corrected chi connectivity index (χ3v) is 9.01. The van der Waals surface area contributed by atoms with E-state index >= 15 is 0 Å². The molecule has 0 saturated heterocycles. The normalized spacial score (nSPS) is 15.9. The molecular weight excluding hydrogens is 560 g/mol. The van der Waals surface area contributed by atoms with Crippen molar-refractivity contribution in [2.24, 2.45) is 11.8 Å². The Bertz CT molecular complexity index is 1170. The molecule has 0 aliphatic heterocycles. The number of ether oxygens (including phenoxy) is 1. The number of nitrogens with one attached hydrogen (secondary N) is 2. The SMILES string of the molecule is C=CC[C@@H](CC(=O)NC1(CO)CCCC1)C(=O)N[C@H](COC(=O)[C@@H](CC=C)Cc1ccccc1)CSCc1ccccc1. The van der Waals surface area contributed by atoms with Crippen LogP contribution in [0.1, 0.15) is 56.1 Å². The van der Waals surface area contributed by atoms with Crippen molar-refractivity contribution in [2.75, 3.05) is 19.0 Å². The van der Waals surface area contributed by atoms with Crippen LogP contribution >= 0.6 is 11.8 Å². The van der Waals surface area contributed by atoms with Crippen LogP contribution in [0.3, 0.4) is 0 Å². The molecule has 2 amide bonds. The van der Waals surface area contributed by atoms with Gasteiger partial charge in [0.15, 0.2) is 0 Å². The van der Waals surface area contributed by atoms with Gasteiger partial charge in [0.25, 0.3) is 0 Å². The first-order valence-electron chi connectivity index (χ1n) is 15.1. The molecule has 3 rings (SSSR count). The third-order valence-electron chi connectivity index (χ3n) is 7.83. The summed E-state index contributed by atoms with van der Waals surface area (Å²) in [5.41, 5.74) is 1.61. The molecule has 232 valence electrons. The molecular formula is C35H46N2O5S. The summed E-state index contributed by atoms with van der Waals surface area (Å²) < 4.78 is 5.79. The first-order valence-corrected chi connectivity index (χ1v) is 16.3. The van der Waals surface area contributed by atoms with Gasteiger partial charge in [0.2, 0.25) is 11.8 Å². The Morgan fingerprint density at radius 1 is 0.930 bits per heavy atom. The van der Waals surface area contributed by atoms with E-state index < -0.39 is 17.5 Å². The molecule has 1 aliphatic rings.